The lowest BCUT2D eigenvalue weighted by atomic mass is 10.1. The third kappa shape index (κ3) is 4.29. The molecular formula is C13H18ClNO4. The molecule has 6 heteroatoms. The number of rotatable bonds is 6. The Morgan fingerprint density at radius 1 is 1.37 bits per heavy atom. The van der Waals surface area contributed by atoms with Crippen molar-refractivity contribution in [1.82, 2.24) is 5.32 Å². The molecule has 0 heterocycles. The Labute approximate surface area is 117 Å². The number of nitrogens with one attached hydrogen (secondary N) is 1. The van der Waals surface area contributed by atoms with Crippen LogP contribution in [0, 0.1) is 0 Å². The fourth-order valence-electron chi connectivity index (χ4n) is 1.52. The highest BCUT2D eigenvalue weighted by Crippen LogP contribution is 2.29. The molecule has 1 aromatic rings. The number of methoxy groups -OCH3 is 2. The van der Waals surface area contributed by atoms with Gasteiger partial charge in [0.1, 0.15) is 5.38 Å². The minimum Gasteiger partial charge on any atom is -0.493 e. The van der Waals surface area contributed by atoms with E-state index in [1.165, 1.54) is 14.2 Å². The molecule has 0 aromatic heterocycles. The van der Waals surface area contributed by atoms with E-state index in [1.54, 1.807) is 25.1 Å². The van der Waals surface area contributed by atoms with Crippen molar-refractivity contribution in [2.75, 3.05) is 20.8 Å². The van der Waals surface area contributed by atoms with E-state index in [-0.39, 0.29) is 12.5 Å². The standard InChI is InChI=1S/C13H18ClNO4/c1-8(14)13(17)15-7-10(16)9-4-5-11(18-2)12(6-9)19-3/h4-6,8,10,16H,7H2,1-3H3,(H,15,17). The number of alkyl halides is 1. The molecule has 2 atom stereocenters. The summed E-state index contributed by atoms with van der Waals surface area (Å²) in [7, 11) is 3.06. The van der Waals surface area contributed by atoms with Crippen LogP contribution in [-0.4, -0.2) is 37.2 Å². The summed E-state index contributed by atoms with van der Waals surface area (Å²) in [6.45, 7) is 1.66. The summed E-state index contributed by atoms with van der Waals surface area (Å²) in [6.07, 6.45) is -0.834. The summed E-state index contributed by atoms with van der Waals surface area (Å²) in [4.78, 5) is 11.3. The fourth-order valence-corrected chi connectivity index (χ4v) is 1.59. The van der Waals surface area contributed by atoms with Gasteiger partial charge in [0.2, 0.25) is 5.91 Å². The molecule has 0 aliphatic carbocycles. The summed E-state index contributed by atoms with van der Waals surface area (Å²) in [6, 6.07) is 5.07. The Hall–Kier alpha value is -1.46. The van der Waals surface area contributed by atoms with Crippen LogP contribution in [0.1, 0.15) is 18.6 Å². The maximum Gasteiger partial charge on any atom is 0.237 e. The van der Waals surface area contributed by atoms with Gasteiger partial charge in [0.05, 0.1) is 20.3 Å². The molecule has 0 bridgehead atoms. The monoisotopic (exact) mass is 287 g/mol. The van der Waals surface area contributed by atoms with E-state index in [1.807, 2.05) is 0 Å². The number of benzene rings is 1. The number of carbonyl (C=O) groups excluding carboxylic acids is 1. The maximum absolute atomic E-state index is 11.3. The van der Waals surface area contributed by atoms with Gasteiger partial charge < -0.3 is 19.9 Å². The van der Waals surface area contributed by atoms with Crippen molar-refractivity contribution in [2.45, 2.75) is 18.4 Å². The molecule has 2 N–H and O–H groups in total. The molecule has 0 spiro atoms. The zero-order valence-electron chi connectivity index (χ0n) is 11.1. The molecule has 19 heavy (non-hydrogen) atoms. The molecule has 2 unspecified atom stereocenters. The second-order valence-corrected chi connectivity index (χ2v) is 4.65. The Morgan fingerprint density at radius 3 is 2.53 bits per heavy atom. The van der Waals surface area contributed by atoms with E-state index in [0.717, 1.165) is 0 Å². The molecule has 0 aliphatic rings. The average molecular weight is 288 g/mol. The van der Waals surface area contributed by atoms with Crippen molar-refractivity contribution in [1.29, 1.82) is 0 Å². The van der Waals surface area contributed by atoms with Crippen molar-refractivity contribution in [2.24, 2.45) is 0 Å². The van der Waals surface area contributed by atoms with E-state index in [4.69, 9.17) is 21.1 Å². The predicted molar refractivity (Wildman–Crippen MR) is 72.8 cm³/mol. The molecule has 1 amide bonds. The van der Waals surface area contributed by atoms with Crippen LogP contribution in [0.2, 0.25) is 0 Å². The third-order valence-corrected chi connectivity index (χ3v) is 2.82. The Balaban J connectivity index is 2.72. The average Bonchev–Trinajstić information content (AvgIpc) is 2.43. The highest BCUT2D eigenvalue weighted by atomic mass is 35.5. The number of aliphatic hydroxyl groups excluding tert-OH is 1. The number of halogens is 1. The Bertz CT molecular complexity index is 437. The van der Waals surface area contributed by atoms with Crippen LogP contribution in [0.15, 0.2) is 18.2 Å². The zero-order valence-corrected chi connectivity index (χ0v) is 11.9. The lowest BCUT2D eigenvalue weighted by Crippen LogP contribution is -2.33. The highest BCUT2D eigenvalue weighted by Gasteiger charge is 2.14. The van der Waals surface area contributed by atoms with Gasteiger partial charge in [-0.05, 0) is 24.6 Å². The molecule has 1 aromatic carbocycles. The summed E-state index contributed by atoms with van der Waals surface area (Å²) < 4.78 is 10.3. The smallest absolute Gasteiger partial charge is 0.237 e. The molecule has 1 rings (SSSR count). The van der Waals surface area contributed by atoms with E-state index >= 15 is 0 Å². The van der Waals surface area contributed by atoms with E-state index in [9.17, 15) is 9.90 Å². The first kappa shape index (κ1) is 15.6. The van der Waals surface area contributed by atoms with Crippen LogP contribution in [0.3, 0.4) is 0 Å². The Kier molecular flexibility index (Phi) is 5.92. The Morgan fingerprint density at radius 2 is 2.00 bits per heavy atom. The topological polar surface area (TPSA) is 67.8 Å². The van der Waals surface area contributed by atoms with Gasteiger partial charge >= 0.3 is 0 Å². The number of aliphatic hydroxyl groups is 1. The maximum atomic E-state index is 11.3. The van der Waals surface area contributed by atoms with Gasteiger partial charge in [-0.15, -0.1) is 11.6 Å². The number of carbonyl (C=O) groups is 1. The lowest BCUT2D eigenvalue weighted by molar-refractivity contribution is -0.120. The summed E-state index contributed by atoms with van der Waals surface area (Å²) in [5.41, 5.74) is 0.625. The van der Waals surface area contributed by atoms with Crippen LogP contribution < -0.4 is 14.8 Å². The molecule has 106 valence electrons. The van der Waals surface area contributed by atoms with Crippen LogP contribution in [-0.2, 0) is 4.79 Å². The number of amides is 1. The van der Waals surface area contributed by atoms with E-state index in [2.05, 4.69) is 5.32 Å². The van der Waals surface area contributed by atoms with Gasteiger partial charge in [-0.1, -0.05) is 6.07 Å². The van der Waals surface area contributed by atoms with Crippen molar-refractivity contribution in [3.05, 3.63) is 23.8 Å². The van der Waals surface area contributed by atoms with Crippen LogP contribution >= 0.6 is 11.6 Å². The lowest BCUT2D eigenvalue weighted by Gasteiger charge is -2.15. The molecule has 0 saturated heterocycles. The normalized spacial score (nSPS) is 13.5. The summed E-state index contributed by atoms with van der Waals surface area (Å²) >= 11 is 5.61. The summed E-state index contributed by atoms with van der Waals surface area (Å²) in [5.74, 6) is 0.786. The van der Waals surface area contributed by atoms with Crippen LogP contribution in [0.25, 0.3) is 0 Å². The summed E-state index contributed by atoms with van der Waals surface area (Å²) in [5, 5.41) is 11.9. The van der Waals surface area contributed by atoms with Crippen molar-refractivity contribution >= 4 is 17.5 Å². The quantitative estimate of drug-likeness (QED) is 0.778. The number of hydrogen-bond donors (Lipinski definition) is 2. The number of ether oxygens (including phenoxy) is 2. The third-order valence-electron chi connectivity index (χ3n) is 2.62. The van der Waals surface area contributed by atoms with Gasteiger partial charge in [0, 0.05) is 6.54 Å². The van der Waals surface area contributed by atoms with Gasteiger partial charge in [-0.2, -0.15) is 0 Å². The first-order valence-corrected chi connectivity index (χ1v) is 6.25. The molecule has 0 aliphatic heterocycles. The molecule has 0 saturated carbocycles. The van der Waals surface area contributed by atoms with E-state index < -0.39 is 11.5 Å². The molecule has 0 fully saturated rings. The molecule has 5 nitrogen and oxygen atoms in total. The van der Waals surface area contributed by atoms with Crippen molar-refractivity contribution in [3.63, 3.8) is 0 Å². The predicted octanol–water partition coefficient (Wildman–Crippen LogP) is 1.48. The molecule has 0 radical (unpaired) electrons. The SMILES string of the molecule is COc1ccc(C(O)CNC(=O)C(C)Cl)cc1OC. The second-order valence-electron chi connectivity index (χ2n) is 3.99. The first-order chi connectivity index (χ1) is 8.99. The van der Waals surface area contributed by atoms with Crippen molar-refractivity contribution < 1.29 is 19.4 Å². The fraction of sp³-hybridized carbons (Fsp3) is 0.462. The van der Waals surface area contributed by atoms with Gasteiger partial charge in [-0.25, -0.2) is 0 Å². The zero-order chi connectivity index (χ0) is 14.4. The second kappa shape index (κ2) is 7.21. The minimum absolute atomic E-state index is 0.0887. The largest absolute Gasteiger partial charge is 0.493 e. The van der Waals surface area contributed by atoms with Gasteiger partial charge in [0.25, 0.3) is 0 Å². The first-order valence-electron chi connectivity index (χ1n) is 5.81. The van der Waals surface area contributed by atoms with Crippen molar-refractivity contribution in [3.8, 4) is 11.5 Å². The number of hydrogen-bond acceptors (Lipinski definition) is 4. The highest BCUT2D eigenvalue weighted by molar-refractivity contribution is 6.30. The van der Waals surface area contributed by atoms with Gasteiger partial charge in [0.15, 0.2) is 11.5 Å². The van der Waals surface area contributed by atoms with Crippen LogP contribution in [0.4, 0.5) is 0 Å². The van der Waals surface area contributed by atoms with E-state index in [0.29, 0.717) is 17.1 Å². The van der Waals surface area contributed by atoms with Crippen LogP contribution in [0.5, 0.6) is 11.5 Å². The molecular weight excluding hydrogens is 270 g/mol. The van der Waals surface area contributed by atoms with Gasteiger partial charge in [-0.3, -0.25) is 4.79 Å². The minimum atomic E-state index is -0.834.